The van der Waals surface area contributed by atoms with Crippen molar-refractivity contribution in [2.75, 3.05) is 13.7 Å². The van der Waals surface area contributed by atoms with E-state index in [1.54, 1.807) is 7.11 Å². The average molecular weight is 513 g/mol. The van der Waals surface area contributed by atoms with E-state index in [0.717, 1.165) is 52.4 Å². The number of fused-ring (bicyclic) bond motifs is 1. The highest BCUT2D eigenvalue weighted by Crippen LogP contribution is 2.28. The van der Waals surface area contributed by atoms with Crippen molar-refractivity contribution in [3.63, 3.8) is 0 Å². The van der Waals surface area contributed by atoms with Crippen LogP contribution >= 0.6 is 0 Å². The topological polar surface area (TPSA) is 56.9 Å². The summed E-state index contributed by atoms with van der Waals surface area (Å²) in [6.07, 6.45) is 15.0. The molecule has 0 amide bonds. The molecule has 0 saturated carbocycles. The maximum atomic E-state index is 6.05. The minimum atomic E-state index is 0.595. The van der Waals surface area contributed by atoms with Gasteiger partial charge >= 0.3 is 0 Å². The molecule has 0 spiro atoms. The molecular weight excluding hydrogens is 472 g/mol. The average Bonchev–Trinajstić information content (AvgIpc) is 3.39. The van der Waals surface area contributed by atoms with Crippen molar-refractivity contribution < 1.29 is 13.9 Å². The molecule has 5 heteroatoms. The van der Waals surface area contributed by atoms with Gasteiger partial charge in [-0.25, -0.2) is 4.98 Å². The molecule has 0 radical (unpaired) electrons. The summed E-state index contributed by atoms with van der Waals surface area (Å²) in [7, 11) is 1.66. The van der Waals surface area contributed by atoms with E-state index in [4.69, 9.17) is 13.9 Å². The molecule has 38 heavy (non-hydrogen) atoms. The molecule has 0 aliphatic carbocycles. The van der Waals surface area contributed by atoms with E-state index in [9.17, 15) is 0 Å². The largest absolute Gasteiger partial charge is 0.497 e. The lowest BCUT2D eigenvalue weighted by molar-refractivity contribution is 0.304. The molecule has 0 atom stereocenters. The first-order chi connectivity index (χ1) is 18.7. The van der Waals surface area contributed by atoms with Gasteiger partial charge < -0.3 is 13.9 Å². The third-order valence-electron chi connectivity index (χ3n) is 6.72. The molecule has 1 aromatic heterocycles. The number of benzene rings is 3. The van der Waals surface area contributed by atoms with Gasteiger partial charge in [0.25, 0.3) is 0 Å². The maximum absolute atomic E-state index is 6.05. The van der Waals surface area contributed by atoms with Crippen LogP contribution in [0.15, 0.2) is 76.1 Å². The summed E-state index contributed by atoms with van der Waals surface area (Å²) in [5.74, 6) is 2.26. The normalized spacial score (nSPS) is 11.4. The number of nitrogens with zero attached hydrogens (tertiary/aromatic N) is 2. The fourth-order valence-electron chi connectivity index (χ4n) is 4.43. The summed E-state index contributed by atoms with van der Waals surface area (Å²) < 4.78 is 17.2. The molecular formula is C33H40N2O3. The number of aliphatic imine (C=N–C) groups is 1. The van der Waals surface area contributed by atoms with Crippen LogP contribution < -0.4 is 9.47 Å². The van der Waals surface area contributed by atoms with Crippen LogP contribution in [0.3, 0.4) is 0 Å². The van der Waals surface area contributed by atoms with E-state index < -0.39 is 0 Å². The third-order valence-corrected chi connectivity index (χ3v) is 6.72. The Kier molecular flexibility index (Phi) is 10.8. The predicted octanol–water partition coefficient (Wildman–Crippen LogP) is 9.55. The van der Waals surface area contributed by atoms with Crippen LogP contribution in [0.2, 0.25) is 0 Å². The Morgan fingerprint density at radius 3 is 2.11 bits per heavy atom. The van der Waals surface area contributed by atoms with Gasteiger partial charge in [-0.3, -0.25) is 4.99 Å². The molecule has 200 valence electrons. The van der Waals surface area contributed by atoms with Crippen LogP contribution in [0, 0.1) is 0 Å². The van der Waals surface area contributed by atoms with Gasteiger partial charge in [0.05, 0.1) is 19.4 Å². The van der Waals surface area contributed by atoms with Crippen LogP contribution in [0.1, 0.15) is 76.7 Å². The van der Waals surface area contributed by atoms with Gasteiger partial charge in [0, 0.05) is 17.8 Å². The lowest BCUT2D eigenvalue weighted by atomic mass is 10.1. The molecule has 0 fully saturated rings. The highest BCUT2D eigenvalue weighted by atomic mass is 16.5. The molecule has 1 heterocycles. The van der Waals surface area contributed by atoms with E-state index in [0.29, 0.717) is 5.89 Å². The lowest BCUT2D eigenvalue weighted by Crippen LogP contribution is -1.97. The number of hydrogen-bond donors (Lipinski definition) is 0. The first kappa shape index (κ1) is 27.4. The summed E-state index contributed by atoms with van der Waals surface area (Å²) in [5.41, 5.74) is 4.36. The molecule has 0 N–H and O–H groups in total. The smallest absolute Gasteiger partial charge is 0.227 e. The predicted molar refractivity (Wildman–Crippen MR) is 157 cm³/mol. The Bertz CT molecular complexity index is 1260. The van der Waals surface area contributed by atoms with Crippen molar-refractivity contribution in [1.82, 2.24) is 4.98 Å². The number of unbranched alkanes of at least 4 members (excludes halogenated alkanes) is 9. The number of aromatic nitrogens is 1. The van der Waals surface area contributed by atoms with Gasteiger partial charge in [0.1, 0.15) is 17.0 Å². The molecule has 0 unspecified atom stereocenters. The Labute approximate surface area is 226 Å². The number of hydrogen-bond acceptors (Lipinski definition) is 5. The lowest BCUT2D eigenvalue weighted by Gasteiger charge is -2.06. The van der Waals surface area contributed by atoms with Gasteiger partial charge in [0.2, 0.25) is 5.89 Å². The zero-order valence-corrected chi connectivity index (χ0v) is 22.8. The summed E-state index contributed by atoms with van der Waals surface area (Å²) in [4.78, 5) is 9.21. The second-order valence-electron chi connectivity index (χ2n) is 9.76. The number of ether oxygens (including phenoxy) is 2. The van der Waals surface area contributed by atoms with E-state index in [1.807, 2.05) is 72.9 Å². The molecule has 4 aromatic rings. The molecule has 3 aromatic carbocycles. The molecule has 0 saturated heterocycles. The first-order valence-corrected chi connectivity index (χ1v) is 14.1. The van der Waals surface area contributed by atoms with Gasteiger partial charge in [-0.2, -0.15) is 0 Å². The molecule has 4 rings (SSSR count). The van der Waals surface area contributed by atoms with Crippen molar-refractivity contribution >= 4 is 23.0 Å². The minimum absolute atomic E-state index is 0.595. The van der Waals surface area contributed by atoms with Crippen molar-refractivity contribution in [1.29, 1.82) is 0 Å². The minimum Gasteiger partial charge on any atom is -0.497 e. The third kappa shape index (κ3) is 8.47. The standard InChI is InChI=1S/C33H40N2O3/c1-3-4-5-6-7-8-9-10-11-12-23-37-30-21-22-31-32(24-30)38-33(35-31)27-15-17-28(18-16-27)34-25-26-13-19-29(36-2)20-14-26/h13-22,24-25H,3-12,23H2,1-2H3. The second-order valence-corrected chi connectivity index (χ2v) is 9.76. The van der Waals surface area contributed by atoms with Crippen LogP contribution in [0.25, 0.3) is 22.6 Å². The Balaban J connectivity index is 1.22. The molecule has 0 aliphatic heterocycles. The van der Waals surface area contributed by atoms with Gasteiger partial charge in [-0.15, -0.1) is 0 Å². The van der Waals surface area contributed by atoms with Gasteiger partial charge in [0.15, 0.2) is 5.58 Å². The first-order valence-electron chi connectivity index (χ1n) is 14.1. The Hall–Kier alpha value is -3.60. The number of oxazole rings is 1. The van der Waals surface area contributed by atoms with Crippen LogP contribution in [-0.2, 0) is 0 Å². The van der Waals surface area contributed by atoms with Crippen molar-refractivity contribution in [2.45, 2.75) is 71.1 Å². The zero-order valence-electron chi connectivity index (χ0n) is 22.8. The zero-order chi connectivity index (χ0) is 26.4. The van der Waals surface area contributed by atoms with Crippen LogP contribution in [0.5, 0.6) is 11.5 Å². The van der Waals surface area contributed by atoms with Gasteiger partial charge in [-0.05, 0) is 72.6 Å². The molecule has 0 bridgehead atoms. The van der Waals surface area contributed by atoms with E-state index >= 15 is 0 Å². The highest BCUT2D eigenvalue weighted by Gasteiger charge is 2.09. The van der Waals surface area contributed by atoms with Crippen molar-refractivity contribution in [2.24, 2.45) is 4.99 Å². The van der Waals surface area contributed by atoms with E-state index in [2.05, 4.69) is 16.9 Å². The fourth-order valence-corrected chi connectivity index (χ4v) is 4.43. The summed E-state index contributed by atoms with van der Waals surface area (Å²) in [6.45, 7) is 3.01. The van der Waals surface area contributed by atoms with Crippen LogP contribution in [0.4, 0.5) is 5.69 Å². The Morgan fingerprint density at radius 2 is 1.42 bits per heavy atom. The SMILES string of the molecule is CCCCCCCCCCCCOc1ccc2nc(-c3ccc(N=Cc4ccc(OC)cc4)cc3)oc2c1. The van der Waals surface area contributed by atoms with Crippen LogP contribution in [-0.4, -0.2) is 24.9 Å². The summed E-state index contributed by atoms with van der Waals surface area (Å²) in [6, 6.07) is 21.6. The van der Waals surface area contributed by atoms with Crippen molar-refractivity contribution in [3.8, 4) is 23.0 Å². The number of rotatable bonds is 16. The monoisotopic (exact) mass is 512 g/mol. The second kappa shape index (κ2) is 15.0. The molecule has 0 aliphatic rings. The summed E-state index contributed by atoms with van der Waals surface area (Å²) in [5, 5.41) is 0. The van der Waals surface area contributed by atoms with E-state index in [1.165, 1.54) is 57.8 Å². The van der Waals surface area contributed by atoms with Crippen molar-refractivity contribution in [3.05, 3.63) is 72.3 Å². The van der Waals surface area contributed by atoms with E-state index in [-0.39, 0.29) is 0 Å². The molecule has 5 nitrogen and oxygen atoms in total. The summed E-state index contributed by atoms with van der Waals surface area (Å²) >= 11 is 0. The Morgan fingerprint density at radius 1 is 0.763 bits per heavy atom. The maximum Gasteiger partial charge on any atom is 0.227 e. The van der Waals surface area contributed by atoms with Gasteiger partial charge in [-0.1, -0.05) is 64.7 Å². The highest BCUT2D eigenvalue weighted by molar-refractivity contribution is 5.82. The quantitative estimate of drug-likeness (QED) is 0.111. The number of methoxy groups -OCH3 is 1. The fraction of sp³-hybridized carbons (Fsp3) is 0.394.